The molecular weight excluding hydrogens is 198 g/mol. The van der Waals surface area contributed by atoms with E-state index >= 15 is 0 Å². The summed E-state index contributed by atoms with van der Waals surface area (Å²) < 4.78 is 0. The Kier molecular flexibility index (Phi) is 4.42. The maximum absolute atomic E-state index is 9.74. The van der Waals surface area contributed by atoms with E-state index in [-0.39, 0.29) is 12.1 Å². The van der Waals surface area contributed by atoms with Gasteiger partial charge in [-0.25, -0.2) is 0 Å². The van der Waals surface area contributed by atoms with Gasteiger partial charge in [0.15, 0.2) is 0 Å². The second-order valence-corrected chi connectivity index (χ2v) is 7.07. The molecule has 2 N–H and O–H groups in total. The van der Waals surface area contributed by atoms with Crippen molar-refractivity contribution in [2.45, 2.75) is 59.4 Å². The molecule has 2 atom stereocenters. The standard InChI is InChI=1S/C14H29NO/c1-11(2)8-15-14(10-16)7-12(3)6-13(4,5)9-14/h11-12,15-16H,6-10H2,1-5H3. The third kappa shape index (κ3) is 3.74. The first kappa shape index (κ1) is 14.0. The largest absolute Gasteiger partial charge is 0.394 e. The molecule has 0 heterocycles. The molecule has 96 valence electrons. The number of hydrogen-bond donors (Lipinski definition) is 2. The first-order valence-electron chi connectivity index (χ1n) is 6.64. The van der Waals surface area contributed by atoms with Crippen LogP contribution >= 0.6 is 0 Å². The van der Waals surface area contributed by atoms with Crippen molar-refractivity contribution in [1.82, 2.24) is 5.32 Å². The summed E-state index contributed by atoms with van der Waals surface area (Å²) in [5.41, 5.74) is 0.315. The van der Waals surface area contributed by atoms with E-state index in [4.69, 9.17) is 0 Å². The lowest BCUT2D eigenvalue weighted by molar-refractivity contribution is 0.0347. The Morgan fingerprint density at radius 2 is 1.94 bits per heavy atom. The van der Waals surface area contributed by atoms with Crippen LogP contribution in [0, 0.1) is 17.3 Å². The third-order valence-electron chi connectivity index (χ3n) is 3.65. The van der Waals surface area contributed by atoms with Crippen LogP contribution in [0.2, 0.25) is 0 Å². The third-order valence-corrected chi connectivity index (χ3v) is 3.65. The maximum Gasteiger partial charge on any atom is 0.0613 e. The summed E-state index contributed by atoms with van der Waals surface area (Å²) in [4.78, 5) is 0. The summed E-state index contributed by atoms with van der Waals surface area (Å²) in [6.45, 7) is 12.7. The molecule has 2 nitrogen and oxygen atoms in total. The molecule has 2 heteroatoms. The second-order valence-electron chi connectivity index (χ2n) is 7.07. The summed E-state index contributed by atoms with van der Waals surface area (Å²) in [6.07, 6.45) is 3.48. The Morgan fingerprint density at radius 3 is 2.38 bits per heavy atom. The van der Waals surface area contributed by atoms with E-state index in [1.807, 2.05) is 0 Å². The van der Waals surface area contributed by atoms with E-state index in [9.17, 15) is 5.11 Å². The van der Waals surface area contributed by atoms with Gasteiger partial charge in [0.05, 0.1) is 6.61 Å². The lowest BCUT2D eigenvalue weighted by atomic mass is 9.64. The van der Waals surface area contributed by atoms with Crippen molar-refractivity contribution in [2.75, 3.05) is 13.2 Å². The Morgan fingerprint density at radius 1 is 1.31 bits per heavy atom. The first-order valence-corrected chi connectivity index (χ1v) is 6.64. The number of nitrogens with one attached hydrogen (secondary N) is 1. The summed E-state index contributed by atoms with van der Waals surface area (Å²) in [5, 5.41) is 13.4. The van der Waals surface area contributed by atoms with Gasteiger partial charge in [0, 0.05) is 5.54 Å². The smallest absolute Gasteiger partial charge is 0.0613 e. The van der Waals surface area contributed by atoms with Crippen LogP contribution in [0.5, 0.6) is 0 Å². The second kappa shape index (κ2) is 5.05. The molecule has 1 rings (SSSR count). The molecule has 0 bridgehead atoms. The molecule has 0 aromatic rings. The number of rotatable bonds is 4. The zero-order valence-electron chi connectivity index (χ0n) is 11.6. The minimum atomic E-state index is -0.0363. The quantitative estimate of drug-likeness (QED) is 0.774. The Labute approximate surface area is 101 Å². The predicted molar refractivity (Wildman–Crippen MR) is 69.5 cm³/mol. The molecule has 2 unspecified atom stereocenters. The number of aliphatic hydroxyl groups excluding tert-OH is 1. The molecule has 1 saturated carbocycles. The van der Waals surface area contributed by atoms with Gasteiger partial charge in [-0.05, 0) is 43.1 Å². The normalized spacial score (nSPS) is 34.3. The zero-order valence-corrected chi connectivity index (χ0v) is 11.6. The fraction of sp³-hybridized carbons (Fsp3) is 1.00. The van der Waals surface area contributed by atoms with Gasteiger partial charge in [0.2, 0.25) is 0 Å². The zero-order chi connectivity index (χ0) is 12.4. The van der Waals surface area contributed by atoms with Gasteiger partial charge in [0.25, 0.3) is 0 Å². The topological polar surface area (TPSA) is 32.3 Å². The maximum atomic E-state index is 9.74. The van der Waals surface area contributed by atoms with Crippen molar-refractivity contribution in [2.24, 2.45) is 17.3 Å². The highest BCUT2D eigenvalue weighted by Gasteiger charge is 2.42. The van der Waals surface area contributed by atoms with Crippen molar-refractivity contribution >= 4 is 0 Å². The summed E-state index contributed by atoms with van der Waals surface area (Å²) in [7, 11) is 0. The van der Waals surface area contributed by atoms with Gasteiger partial charge in [-0.15, -0.1) is 0 Å². The van der Waals surface area contributed by atoms with Gasteiger partial charge in [0.1, 0.15) is 0 Å². The Hall–Kier alpha value is -0.0800. The molecular formula is C14H29NO. The fourth-order valence-corrected chi connectivity index (χ4v) is 3.47. The molecule has 0 radical (unpaired) electrons. The van der Waals surface area contributed by atoms with Crippen LogP contribution in [-0.2, 0) is 0 Å². The molecule has 0 aromatic carbocycles. The Balaban J connectivity index is 2.69. The average Bonchev–Trinajstić information content (AvgIpc) is 2.11. The molecule has 0 aliphatic heterocycles. The highest BCUT2D eigenvalue weighted by atomic mass is 16.3. The fourth-order valence-electron chi connectivity index (χ4n) is 3.47. The van der Waals surface area contributed by atoms with Crippen LogP contribution in [0.15, 0.2) is 0 Å². The molecule has 0 aromatic heterocycles. The van der Waals surface area contributed by atoms with Crippen LogP contribution in [0.25, 0.3) is 0 Å². The monoisotopic (exact) mass is 227 g/mol. The van der Waals surface area contributed by atoms with E-state index in [1.54, 1.807) is 0 Å². The number of aliphatic hydroxyl groups is 1. The van der Waals surface area contributed by atoms with Crippen molar-refractivity contribution < 1.29 is 5.11 Å². The lowest BCUT2D eigenvalue weighted by Gasteiger charge is -2.47. The molecule has 1 aliphatic rings. The molecule has 0 spiro atoms. The van der Waals surface area contributed by atoms with Gasteiger partial charge in [-0.2, -0.15) is 0 Å². The van der Waals surface area contributed by atoms with Crippen molar-refractivity contribution in [3.63, 3.8) is 0 Å². The van der Waals surface area contributed by atoms with Crippen LogP contribution in [0.4, 0.5) is 0 Å². The van der Waals surface area contributed by atoms with E-state index in [0.717, 1.165) is 19.4 Å². The van der Waals surface area contributed by atoms with E-state index < -0.39 is 0 Å². The van der Waals surface area contributed by atoms with Crippen LogP contribution in [-0.4, -0.2) is 23.8 Å². The van der Waals surface area contributed by atoms with Crippen LogP contribution < -0.4 is 5.32 Å². The Bertz CT molecular complexity index is 225. The highest BCUT2D eigenvalue weighted by Crippen LogP contribution is 2.43. The molecule has 1 aliphatic carbocycles. The molecule has 16 heavy (non-hydrogen) atoms. The summed E-state index contributed by atoms with van der Waals surface area (Å²) >= 11 is 0. The van der Waals surface area contributed by atoms with E-state index in [0.29, 0.717) is 17.3 Å². The van der Waals surface area contributed by atoms with Gasteiger partial charge >= 0.3 is 0 Å². The SMILES string of the molecule is CC(C)CNC1(CO)CC(C)CC(C)(C)C1. The minimum absolute atomic E-state index is 0.0363. The molecule has 0 amide bonds. The first-order chi connectivity index (χ1) is 7.29. The minimum Gasteiger partial charge on any atom is -0.394 e. The average molecular weight is 227 g/mol. The predicted octanol–water partition coefficient (Wildman–Crippen LogP) is 2.81. The van der Waals surface area contributed by atoms with E-state index in [2.05, 4.69) is 39.9 Å². The lowest BCUT2D eigenvalue weighted by Crippen LogP contribution is -2.56. The number of hydrogen-bond acceptors (Lipinski definition) is 2. The van der Waals surface area contributed by atoms with Crippen LogP contribution in [0.1, 0.15) is 53.9 Å². The molecule has 0 saturated heterocycles. The van der Waals surface area contributed by atoms with E-state index in [1.165, 1.54) is 6.42 Å². The molecule has 1 fully saturated rings. The van der Waals surface area contributed by atoms with Gasteiger partial charge < -0.3 is 10.4 Å². The van der Waals surface area contributed by atoms with Gasteiger partial charge in [-0.3, -0.25) is 0 Å². The summed E-state index contributed by atoms with van der Waals surface area (Å²) in [6, 6.07) is 0. The summed E-state index contributed by atoms with van der Waals surface area (Å²) in [5.74, 6) is 1.35. The van der Waals surface area contributed by atoms with Crippen molar-refractivity contribution in [3.05, 3.63) is 0 Å². The van der Waals surface area contributed by atoms with Crippen molar-refractivity contribution in [1.29, 1.82) is 0 Å². The van der Waals surface area contributed by atoms with Crippen molar-refractivity contribution in [3.8, 4) is 0 Å². The van der Waals surface area contributed by atoms with Crippen LogP contribution in [0.3, 0.4) is 0 Å². The highest BCUT2D eigenvalue weighted by molar-refractivity contribution is 4.98. The van der Waals surface area contributed by atoms with Gasteiger partial charge in [-0.1, -0.05) is 34.6 Å².